The molecule has 0 atom stereocenters. The predicted octanol–water partition coefficient (Wildman–Crippen LogP) is 1.31. The fourth-order valence-electron chi connectivity index (χ4n) is 1.47. The summed E-state index contributed by atoms with van der Waals surface area (Å²) in [6, 6.07) is 5.22. The zero-order chi connectivity index (χ0) is 14.6. The minimum Gasteiger partial charge on any atom is -0.491 e. The number of hydrogen-bond donors (Lipinski definition) is 1. The molecular weight excluding hydrogens is 258 g/mol. The molecule has 0 heterocycles. The van der Waals surface area contributed by atoms with Crippen molar-refractivity contribution in [1.29, 1.82) is 0 Å². The summed E-state index contributed by atoms with van der Waals surface area (Å²) in [6.07, 6.45) is 5.32. The van der Waals surface area contributed by atoms with Gasteiger partial charge in [0.15, 0.2) is 0 Å². The summed E-state index contributed by atoms with van der Waals surface area (Å²) in [4.78, 5) is 0. The molecule has 2 N–H and O–H groups in total. The van der Waals surface area contributed by atoms with Crippen LogP contribution >= 0.6 is 0 Å². The summed E-state index contributed by atoms with van der Waals surface area (Å²) < 4.78 is 21.0. The van der Waals surface area contributed by atoms with Gasteiger partial charge in [0.2, 0.25) is 0 Å². The molecule has 0 aliphatic carbocycles. The van der Waals surface area contributed by atoms with E-state index >= 15 is 0 Å². The molecule has 110 valence electrons. The molecule has 1 aromatic carbocycles. The Bertz CT molecular complexity index is 428. The molecular formula is C15H21NO4. The van der Waals surface area contributed by atoms with E-state index < -0.39 is 0 Å². The summed E-state index contributed by atoms with van der Waals surface area (Å²) in [5.41, 5.74) is 7.00. The van der Waals surface area contributed by atoms with E-state index in [4.69, 9.17) is 31.1 Å². The van der Waals surface area contributed by atoms with Crippen molar-refractivity contribution in [3.63, 3.8) is 0 Å². The quantitative estimate of drug-likeness (QED) is 0.397. The van der Waals surface area contributed by atoms with Crippen molar-refractivity contribution in [3.8, 4) is 18.1 Å². The van der Waals surface area contributed by atoms with Gasteiger partial charge in [0.25, 0.3) is 0 Å². The Hall–Kier alpha value is -1.74. The Kier molecular flexibility index (Phi) is 8.24. The molecule has 1 aromatic rings. The van der Waals surface area contributed by atoms with Crippen molar-refractivity contribution in [1.82, 2.24) is 0 Å². The Morgan fingerprint density at radius 3 is 2.30 bits per heavy atom. The average molecular weight is 279 g/mol. The van der Waals surface area contributed by atoms with Gasteiger partial charge >= 0.3 is 0 Å². The van der Waals surface area contributed by atoms with Gasteiger partial charge in [-0.25, -0.2) is 0 Å². The standard InChI is InChI=1S/C15H21NO4/c1-3-13-10-14(16)12-15(11-13)20-9-8-19-7-6-18-5-4-17-2/h1,10-12H,4-9,16H2,2H3. The van der Waals surface area contributed by atoms with Crippen LogP contribution in [0.4, 0.5) is 5.69 Å². The van der Waals surface area contributed by atoms with Crippen molar-refractivity contribution < 1.29 is 18.9 Å². The average Bonchev–Trinajstić information content (AvgIpc) is 2.45. The van der Waals surface area contributed by atoms with Gasteiger partial charge in [0.1, 0.15) is 12.4 Å². The van der Waals surface area contributed by atoms with Gasteiger partial charge in [-0.2, -0.15) is 0 Å². The number of ether oxygens (including phenoxy) is 4. The third kappa shape index (κ3) is 7.00. The van der Waals surface area contributed by atoms with Crippen LogP contribution in [0, 0.1) is 12.3 Å². The maximum atomic E-state index is 5.71. The summed E-state index contributed by atoms with van der Waals surface area (Å²) in [7, 11) is 1.64. The van der Waals surface area contributed by atoms with E-state index in [1.165, 1.54) is 0 Å². The lowest BCUT2D eigenvalue weighted by Crippen LogP contribution is -2.12. The highest BCUT2D eigenvalue weighted by atomic mass is 16.6. The van der Waals surface area contributed by atoms with Gasteiger partial charge in [0, 0.05) is 24.4 Å². The Labute approximate surface area is 120 Å². The van der Waals surface area contributed by atoms with E-state index in [0.717, 1.165) is 0 Å². The van der Waals surface area contributed by atoms with Gasteiger partial charge in [-0.1, -0.05) is 5.92 Å². The molecule has 0 amide bonds. The molecule has 0 aliphatic heterocycles. The van der Waals surface area contributed by atoms with Crippen LogP contribution in [0.25, 0.3) is 0 Å². The van der Waals surface area contributed by atoms with Crippen molar-refractivity contribution in [2.45, 2.75) is 0 Å². The zero-order valence-electron chi connectivity index (χ0n) is 11.8. The van der Waals surface area contributed by atoms with Crippen molar-refractivity contribution in [2.24, 2.45) is 0 Å². The molecule has 5 heteroatoms. The number of terminal acetylenes is 1. The van der Waals surface area contributed by atoms with E-state index in [1.807, 2.05) is 0 Å². The Balaban J connectivity index is 2.10. The molecule has 5 nitrogen and oxygen atoms in total. The molecule has 0 radical (unpaired) electrons. The fourth-order valence-corrected chi connectivity index (χ4v) is 1.47. The van der Waals surface area contributed by atoms with Crippen molar-refractivity contribution >= 4 is 5.69 Å². The number of rotatable bonds is 10. The molecule has 0 bridgehead atoms. The Morgan fingerprint density at radius 2 is 1.65 bits per heavy atom. The number of anilines is 1. The van der Waals surface area contributed by atoms with Gasteiger partial charge in [-0.3, -0.25) is 0 Å². The van der Waals surface area contributed by atoms with Crippen LogP contribution in [0.2, 0.25) is 0 Å². The second kappa shape index (κ2) is 10.1. The van der Waals surface area contributed by atoms with Crippen LogP contribution in [-0.2, 0) is 14.2 Å². The first-order valence-electron chi connectivity index (χ1n) is 6.40. The summed E-state index contributed by atoms with van der Waals surface area (Å²) >= 11 is 0. The Morgan fingerprint density at radius 1 is 1.00 bits per heavy atom. The van der Waals surface area contributed by atoms with Crippen LogP contribution in [0.3, 0.4) is 0 Å². The normalized spacial score (nSPS) is 10.2. The second-order valence-electron chi connectivity index (χ2n) is 4.00. The third-order valence-corrected chi connectivity index (χ3v) is 2.40. The summed E-state index contributed by atoms with van der Waals surface area (Å²) in [6.45, 7) is 3.16. The van der Waals surface area contributed by atoms with Crippen molar-refractivity contribution in [3.05, 3.63) is 23.8 Å². The van der Waals surface area contributed by atoms with Gasteiger partial charge < -0.3 is 24.7 Å². The second-order valence-corrected chi connectivity index (χ2v) is 4.00. The molecule has 20 heavy (non-hydrogen) atoms. The van der Waals surface area contributed by atoms with Crippen LogP contribution in [0.1, 0.15) is 5.56 Å². The number of nitrogen functional groups attached to an aromatic ring is 1. The van der Waals surface area contributed by atoms with Gasteiger partial charge in [0.05, 0.1) is 33.0 Å². The topological polar surface area (TPSA) is 62.9 Å². The van der Waals surface area contributed by atoms with E-state index in [0.29, 0.717) is 56.6 Å². The SMILES string of the molecule is C#Cc1cc(N)cc(OCCOCCOCCOC)c1. The van der Waals surface area contributed by atoms with E-state index in [1.54, 1.807) is 25.3 Å². The minimum absolute atomic E-state index is 0.436. The highest BCUT2D eigenvalue weighted by molar-refractivity contribution is 5.52. The van der Waals surface area contributed by atoms with Crippen LogP contribution in [-0.4, -0.2) is 46.8 Å². The monoisotopic (exact) mass is 279 g/mol. The maximum Gasteiger partial charge on any atom is 0.122 e. The molecule has 0 aliphatic rings. The number of nitrogens with two attached hydrogens (primary N) is 1. The first kappa shape index (κ1) is 16.3. The van der Waals surface area contributed by atoms with Crippen LogP contribution < -0.4 is 10.5 Å². The number of benzene rings is 1. The lowest BCUT2D eigenvalue weighted by atomic mass is 10.2. The first-order chi connectivity index (χ1) is 9.76. The van der Waals surface area contributed by atoms with E-state index in [-0.39, 0.29) is 0 Å². The maximum absolute atomic E-state index is 5.71. The molecule has 0 aromatic heterocycles. The largest absolute Gasteiger partial charge is 0.491 e. The molecule has 0 unspecified atom stereocenters. The van der Waals surface area contributed by atoms with Gasteiger partial charge in [-0.15, -0.1) is 6.42 Å². The van der Waals surface area contributed by atoms with E-state index in [2.05, 4.69) is 5.92 Å². The molecule has 0 saturated heterocycles. The smallest absolute Gasteiger partial charge is 0.122 e. The molecule has 0 saturated carbocycles. The van der Waals surface area contributed by atoms with Crippen LogP contribution in [0.5, 0.6) is 5.75 Å². The highest BCUT2D eigenvalue weighted by Crippen LogP contribution is 2.18. The zero-order valence-corrected chi connectivity index (χ0v) is 11.8. The molecule has 0 fully saturated rings. The molecule has 0 spiro atoms. The van der Waals surface area contributed by atoms with Crippen molar-refractivity contribution in [2.75, 3.05) is 52.5 Å². The third-order valence-electron chi connectivity index (χ3n) is 2.40. The van der Waals surface area contributed by atoms with Gasteiger partial charge in [-0.05, 0) is 12.1 Å². The number of methoxy groups -OCH3 is 1. The molecule has 1 rings (SSSR count). The first-order valence-corrected chi connectivity index (χ1v) is 6.40. The van der Waals surface area contributed by atoms with E-state index in [9.17, 15) is 0 Å². The number of hydrogen-bond acceptors (Lipinski definition) is 5. The minimum atomic E-state index is 0.436. The van der Waals surface area contributed by atoms with Crippen LogP contribution in [0.15, 0.2) is 18.2 Å². The summed E-state index contributed by atoms with van der Waals surface area (Å²) in [5, 5.41) is 0. The highest BCUT2D eigenvalue weighted by Gasteiger charge is 1.98. The summed E-state index contributed by atoms with van der Waals surface area (Å²) in [5.74, 6) is 3.18. The fraction of sp³-hybridized carbons (Fsp3) is 0.467. The lowest BCUT2D eigenvalue weighted by molar-refractivity contribution is 0.0180. The lowest BCUT2D eigenvalue weighted by Gasteiger charge is -2.09. The predicted molar refractivity (Wildman–Crippen MR) is 77.8 cm³/mol.